The number of pyridine rings is 2. The second kappa shape index (κ2) is 9.22. The van der Waals surface area contributed by atoms with Gasteiger partial charge in [0.15, 0.2) is 0 Å². The molecule has 2 aromatic heterocycles. The molecule has 2 aromatic rings. The van der Waals surface area contributed by atoms with Crippen LogP contribution in [0.25, 0.3) is 16.6 Å². The maximum Gasteiger partial charge on any atom is 0.129 e. The second-order valence-corrected chi connectivity index (χ2v) is 5.60. The molecule has 0 bridgehead atoms. The normalized spacial score (nSPS) is 12.3. The molecule has 0 saturated heterocycles. The van der Waals surface area contributed by atoms with Gasteiger partial charge in [0, 0.05) is 36.3 Å². The number of allylic oxidation sites excluding steroid dienone is 1. The SMILES string of the molecule is CNCCCCCN=CC(=CN)c1cnc2ccc(Cl)nc2c1. The maximum atomic E-state index is 5.93. The van der Waals surface area contributed by atoms with Gasteiger partial charge in [0.25, 0.3) is 0 Å². The van der Waals surface area contributed by atoms with Gasteiger partial charge in [-0.3, -0.25) is 9.98 Å². The predicted octanol–water partition coefficient (Wildman–Crippen LogP) is 3.04. The Labute approximate surface area is 141 Å². The number of nitrogens with one attached hydrogen (secondary N) is 1. The van der Waals surface area contributed by atoms with Gasteiger partial charge >= 0.3 is 0 Å². The number of nitrogens with zero attached hydrogens (tertiary/aromatic N) is 3. The molecule has 0 saturated carbocycles. The summed E-state index contributed by atoms with van der Waals surface area (Å²) in [6, 6.07) is 5.50. The minimum Gasteiger partial charge on any atom is -0.404 e. The van der Waals surface area contributed by atoms with Gasteiger partial charge in [-0.15, -0.1) is 0 Å². The van der Waals surface area contributed by atoms with E-state index >= 15 is 0 Å². The Morgan fingerprint density at radius 2 is 2.17 bits per heavy atom. The lowest BCUT2D eigenvalue weighted by Crippen LogP contribution is -2.07. The minimum atomic E-state index is 0.449. The summed E-state index contributed by atoms with van der Waals surface area (Å²) < 4.78 is 0. The summed E-state index contributed by atoms with van der Waals surface area (Å²) in [5, 5.41) is 3.59. The molecule has 0 aliphatic carbocycles. The van der Waals surface area contributed by atoms with Crippen molar-refractivity contribution in [3.63, 3.8) is 0 Å². The molecular weight excluding hydrogens is 310 g/mol. The van der Waals surface area contributed by atoms with E-state index in [0.29, 0.717) is 5.15 Å². The number of rotatable bonds is 8. The number of aromatic nitrogens is 2. The molecule has 23 heavy (non-hydrogen) atoms. The number of fused-ring (bicyclic) bond motifs is 1. The number of halogens is 1. The molecule has 6 heteroatoms. The lowest BCUT2D eigenvalue weighted by atomic mass is 10.1. The molecule has 5 nitrogen and oxygen atoms in total. The Bertz CT molecular complexity index is 696. The summed E-state index contributed by atoms with van der Waals surface area (Å²) in [6.45, 7) is 1.85. The molecule has 0 aliphatic rings. The number of aliphatic imine (C=N–C) groups is 1. The predicted molar refractivity (Wildman–Crippen MR) is 97.8 cm³/mol. The van der Waals surface area contributed by atoms with E-state index in [0.717, 1.165) is 41.7 Å². The van der Waals surface area contributed by atoms with Crippen LogP contribution in [0.1, 0.15) is 24.8 Å². The lowest BCUT2D eigenvalue weighted by Gasteiger charge is -2.03. The topological polar surface area (TPSA) is 76.2 Å². The molecular formula is C17H22ClN5. The van der Waals surface area contributed by atoms with Crippen LogP contribution in [0.4, 0.5) is 0 Å². The van der Waals surface area contributed by atoms with Gasteiger partial charge in [0.05, 0.1) is 11.0 Å². The van der Waals surface area contributed by atoms with Crippen LogP contribution in [0.3, 0.4) is 0 Å². The summed E-state index contributed by atoms with van der Waals surface area (Å²) >= 11 is 5.93. The third-order valence-electron chi connectivity index (χ3n) is 3.46. The van der Waals surface area contributed by atoms with E-state index in [1.54, 1.807) is 18.5 Å². The van der Waals surface area contributed by atoms with E-state index in [-0.39, 0.29) is 0 Å². The van der Waals surface area contributed by atoms with Crippen molar-refractivity contribution in [3.05, 3.63) is 41.3 Å². The van der Waals surface area contributed by atoms with Gasteiger partial charge in [-0.25, -0.2) is 4.98 Å². The molecule has 2 rings (SSSR count). The first kappa shape index (κ1) is 17.4. The van der Waals surface area contributed by atoms with Gasteiger partial charge in [0.1, 0.15) is 5.15 Å². The van der Waals surface area contributed by atoms with Crippen molar-refractivity contribution in [1.82, 2.24) is 15.3 Å². The first-order valence-corrected chi connectivity index (χ1v) is 8.11. The highest BCUT2D eigenvalue weighted by atomic mass is 35.5. The second-order valence-electron chi connectivity index (χ2n) is 5.22. The first-order valence-electron chi connectivity index (χ1n) is 7.73. The van der Waals surface area contributed by atoms with Crippen LogP contribution in [0.15, 0.2) is 35.6 Å². The van der Waals surface area contributed by atoms with Gasteiger partial charge in [-0.2, -0.15) is 0 Å². The Kier molecular flexibility index (Phi) is 6.97. The summed E-state index contributed by atoms with van der Waals surface area (Å²) in [6.07, 6.45) is 8.52. The smallest absolute Gasteiger partial charge is 0.129 e. The van der Waals surface area contributed by atoms with Crippen molar-refractivity contribution in [3.8, 4) is 0 Å². The van der Waals surface area contributed by atoms with Gasteiger partial charge in [-0.05, 0) is 44.6 Å². The Morgan fingerprint density at radius 1 is 1.30 bits per heavy atom. The highest BCUT2D eigenvalue weighted by Gasteiger charge is 2.03. The Hall–Kier alpha value is -1.98. The van der Waals surface area contributed by atoms with E-state index < -0.39 is 0 Å². The summed E-state index contributed by atoms with van der Waals surface area (Å²) in [4.78, 5) is 13.1. The zero-order valence-corrected chi connectivity index (χ0v) is 14.1. The molecule has 122 valence electrons. The molecule has 0 aliphatic heterocycles. The highest BCUT2D eigenvalue weighted by Crippen LogP contribution is 2.18. The van der Waals surface area contributed by atoms with Gasteiger partial charge in [0.2, 0.25) is 0 Å². The van der Waals surface area contributed by atoms with Crippen molar-refractivity contribution in [1.29, 1.82) is 0 Å². The number of nitrogens with two attached hydrogens (primary N) is 1. The van der Waals surface area contributed by atoms with Crippen LogP contribution in [-0.2, 0) is 0 Å². The number of hydrogen-bond acceptors (Lipinski definition) is 5. The van der Waals surface area contributed by atoms with Crippen molar-refractivity contribution in [2.24, 2.45) is 10.7 Å². The van der Waals surface area contributed by atoms with Crippen molar-refractivity contribution in [2.75, 3.05) is 20.1 Å². The van der Waals surface area contributed by atoms with Gasteiger partial charge < -0.3 is 11.1 Å². The molecule has 2 heterocycles. The van der Waals surface area contributed by atoms with Crippen molar-refractivity contribution < 1.29 is 0 Å². The summed E-state index contributed by atoms with van der Waals surface area (Å²) in [5.41, 5.74) is 8.98. The zero-order chi connectivity index (χ0) is 16.5. The molecule has 0 amide bonds. The quantitative estimate of drug-likeness (QED) is 0.443. The fourth-order valence-electron chi connectivity index (χ4n) is 2.20. The summed E-state index contributed by atoms with van der Waals surface area (Å²) in [7, 11) is 1.97. The van der Waals surface area contributed by atoms with Gasteiger partial charge in [-0.1, -0.05) is 18.0 Å². The van der Waals surface area contributed by atoms with E-state index in [9.17, 15) is 0 Å². The standard InChI is InChI=1S/C17H22ClN5/c1-20-7-3-2-4-8-21-11-14(10-19)13-9-16-15(22-12-13)5-6-17(18)23-16/h5-6,9-12,20H,2-4,7-8,19H2,1H3. The molecule has 0 fully saturated rings. The van der Waals surface area contributed by atoms with Crippen LogP contribution in [0.5, 0.6) is 0 Å². The van der Waals surface area contributed by atoms with E-state index in [1.807, 2.05) is 19.2 Å². The number of hydrogen-bond donors (Lipinski definition) is 2. The van der Waals surface area contributed by atoms with Crippen molar-refractivity contribution in [2.45, 2.75) is 19.3 Å². The Balaban J connectivity index is 2.00. The molecule has 0 aromatic carbocycles. The number of unbranched alkanes of at least 4 members (excludes halogenated alkanes) is 2. The first-order chi connectivity index (χ1) is 11.2. The van der Waals surface area contributed by atoms with Crippen LogP contribution >= 0.6 is 11.6 Å². The van der Waals surface area contributed by atoms with Crippen LogP contribution in [-0.4, -0.2) is 36.3 Å². The third-order valence-corrected chi connectivity index (χ3v) is 3.67. The van der Waals surface area contributed by atoms with E-state index in [2.05, 4.69) is 20.3 Å². The highest BCUT2D eigenvalue weighted by molar-refractivity contribution is 6.29. The Morgan fingerprint density at radius 3 is 2.96 bits per heavy atom. The fourth-order valence-corrected chi connectivity index (χ4v) is 2.35. The molecule has 0 spiro atoms. The maximum absolute atomic E-state index is 5.93. The third kappa shape index (κ3) is 5.30. The largest absolute Gasteiger partial charge is 0.404 e. The van der Waals surface area contributed by atoms with E-state index in [4.69, 9.17) is 17.3 Å². The van der Waals surface area contributed by atoms with Crippen molar-refractivity contribution >= 4 is 34.4 Å². The molecule has 0 unspecified atom stereocenters. The minimum absolute atomic E-state index is 0.449. The van der Waals surface area contributed by atoms with Crippen LogP contribution < -0.4 is 11.1 Å². The average molecular weight is 332 g/mol. The van der Waals surface area contributed by atoms with Crippen LogP contribution in [0.2, 0.25) is 5.15 Å². The average Bonchev–Trinajstić information content (AvgIpc) is 2.57. The monoisotopic (exact) mass is 331 g/mol. The lowest BCUT2D eigenvalue weighted by molar-refractivity contribution is 0.649. The molecule has 3 N–H and O–H groups in total. The molecule has 0 atom stereocenters. The molecule has 0 radical (unpaired) electrons. The van der Waals surface area contributed by atoms with Crippen LogP contribution in [0, 0.1) is 0 Å². The summed E-state index contributed by atoms with van der Waals surface area (Å²) in [5.74, 6) is 0. The zero-order valence-electron chi connectivity index (χ0n) is 13.3. The van der Waals surface area contributed by atoms with E-state index in [1.165, 1.54) is 19.0 Å². The fraction of sp³-hybridized carbons (Fsp3) is 0.353.